The molecule has 0 aliphatic rings. The van der Waals surface area contributed by atoms with Gasteiger partial charge in [-0.25, -0.2) is 14.2 Å². The van der Waals surface area contributed by atoms with Crippen LogP contribution in [0.1, 0.15) is 28.4 Å². The summed E-state index contributed by atoms with van der Waals surface area (Å²) < 4.78 is 38.1. The number of hydrazone groups is 1. The van der Waals surface area contributed by atoms with Gasteiger partial charge in [0, 0.05) is 5.69 Å². The minimum atomic E-state index is -0.853. The third-order valence-electron chi connectivity index (χ3n) is 4.53. The van der Waals surface area contributed by atoms with Crippen molar-refractivity contribution >= 4 is 35.3 Å². The second-order valence-electron chi connectivity index (χ2n) is 7.11. The second-order valence-corrected chi connectivity index (χ2v) is 7.52. The number of halogens is 3. The Balaban J connectivity index is 1.67. The SMILES string of the molecule is CCOc1cc(/C=N\NC(=O)c2ccc(C#N)cc2F)cc(Cl)c1OCC(=O)Nc1ccc(F)cc1. The summed E-state index contributed by atoms with van der Waals surface area (Å²) in [5.74, 6) is -2.24. The average molecular weight is 513 g/mol. The van der Waals surface area contributed by atoms with Gasteiger partial charge < -0.3 is 14.8 Å². The number of hydrogen-bond donors (Lipinski definition) is 2. The highest BCUT2D eigenvalue weighted by Crippen LogP contribution is 2.36. The molecule has 0 atom stereocenters. The van der Waals surface area contributed by atoms with Crippen LogP contribution in [-0.2, 0) is 4.79 Å². The monoisotopic (exact) mass is 512 g/mol. The summed E-state index contributed by atoms with van der Waals surface area (Å²) in [7, 11) is 0. The van der Waals surface area contributed by atoms with Gasteiger partial charge in [-0.3, -0.25) is 9.59 Å². The molecule has 3 aromatic carbocycles. The van der Waals surface area contributed by atoms with E-state index in [4.69, 9.17) is 26.3 Å². The molecule has 0 bridgehead atoms. The van der Waals surface area contributed by atoms with E-state index in [1.54, 1.807) is 13.0 Å². The van der Waals surface area contributed by atoms with E-state index in [2.05, 4.69) is 15.8 Å². The van der Waals surface area contributed by atoms with E-state index in [1.807, 2.05) is 0 Å². The zero-order valence-electron chi connectivity index (χ0n) is 18.8. The van der Waals surface area contributed by atoms with E-state index in [0.29, 0.717) is 11.3 Å². The van der Waals surface area contributed by atoms with Crippen molar-refractivity contribution in [1.82, 2.24) is 5.43 Å². The molecule has 2 amide bonds. The number of anilines is 1. The summed E-state index contributed by atoms with van der Waals surface area (Å²) in [6.45, 7) is 1.62. The third-order valence-corrected chi connectivity index (χ3v) is 4.81. The minimum Gasteiger partial charge on any atom is -0.490 e. The van der Waals surface area contributed by atoms with Gasteiger partial charge in [0.1, 0.15) is 11.6 Å². The lowest BCUT2D eigenvalue weighted by molar-refractivity contribution is -0.118. The van der Waals surface area contributed by atoms with Gasteiger partial charge >= 0.3 is 0 Å². The highest BCUT2D eigenvalue weighted by atomic mass is 35.5. The highest BCUT2D eigenvalue weighted by molar-refractivity contribution is 6.32. The molecule has 184 valence electrons. The normalized spacial score (nSPS) is 10.5. The molecule has 0 aromatic heterocycles. The van der Waals surface area contributed by atoms with Crippen LogP contribution in [0.2, 0.25) is 5.02 Å². The third kappa shape index (κ3) is 7.01. The lowest BCUT2D eigenvalue weighted by atomic mass is 10.1. The van der Waals surface area contributed by atoms with Crippen molar-refractivity contribution in [2.75, 3.05) is 18.5 Å². The van der Waals surface area contributed by atoms with Crippen molar-refractivity contribution in [2.45, 2.75) is 6.92 Å². The maximum atomic E-state index is 14.0. The summed E-state index contributed by atoms with van der Waals surface area (Å²) in [4.78, 5) is 24.3. The molecule has 0 unspecified atom stereocenters. The zero-order valence-corrected chi connectivity index (χ0v) is 19.6. The number of nitrogens with one attached hydrogen (secondary N) is 2. The largest absolute Gasteiger partial charge is 0.490 e. The molecule has 3 rings (SSSR count). The van der Waals surface area contributed by atoms with Crippen LogP contribution in [0, 0.1) is 23.0 Å². The Morgan fingerprint density at radius 3 is 2.53 bits per heavy atom. The molecule has 3 aromatic rings. The molecule has 36 heavy (non-hydrogen) atoms. The fourth-order valence-electron chi connectivity index (χ4n) is 2.93. The number of rotatable bonds is 9. The van der Waals surface area contributed by atoms with Crippen LogP contribution in [0.3, 0.4) is 0 Å². The quantitative estimate of drug-likeness (QED) is 0.319. The van der Waals surface area contributed by atoms with Gasteiger partial charge in [-0.2, -0.15) is 10.4 Å². The predicted octanol–water partition coefficient (Wildman–Crippen LogP) is 4.67. The van der Waals surface area contributed by atoms with Gasteiger partial charge in [0.05, 0.1) is 35.0 Å². The summed E-state index contributed by atoms with van der Waals surface area (Å²) in [5.41, 5.74) is 2.82. The molecule has 0 heterocycles. The number of nitrogens with zero attached hydrogens (tertiary/aromatic N) is 2. The van der Waals surface area contributed by atoms with Gasteiger partial charge in [0.25, 0.3) is 11.8 Å². The summed E-state index contributed by atoms with van der Waals surface area (Å²) in [6.07, 6.45) is 1.26. The molecular formula is C25H19ClF2N4O4. The molecule has 11 heteroatoms. The van der Waals surface area contributed by atoms with E-state index < -0.39 is 30.1 Å². The molecule has 0 aliphatic heterocycles. The van der Waals surface area contributed by atoms with Gasteiger partial charge in [0.2, 0.25) is 0 Å². The first-order valence-corrected chi connectivity index (χ1v) is 10.9. The second kappa shape index (κ2) is 12.3. The maximum Gasteiger partial charge on any atom is 0.274 e. The Morgan fingerprint density at radius 1 is 1.11 bits per heavy atom. The maximum absolute atomic E-state index is 14.0. The minimum absolute atomic E-state index is 0.0842. The smallest absolute Gasteiger partial charge is 0.274 e. The van der Waals surface area contributed by atoms with E-state index in [-0.39, 0.29) is 34.3 Å². The number of benzene rings is 3. The number of ether oxygens (including phenoxy) is 2. The van der Waals surface area contributed by atoms with Gasteiger partial charge in [-0.1, -0.05) is 11.6 Å². The highest BCUT2D eigenvalue weighted by Gasteiger charge is 2.15. The number of carbonyl (C=O) groups excluding carboxylic acids is 2. The Hall–Kier alpha value is -4.49. The topological polar surface area (TPSA) is 113 Å². The number of amides is 2. The van der Waals surface area contributed by atoms with Gasteiger partial charge in [-0.15, -0.1) is 0 Å². The van der Waals surface area contributed by atoms with Gasteiger partial charge in [0.15, 0.2) is 18.1 Å². The summed E-state index contributed by atoms with van der Waals surface area (Å²) in [6, 6.07) is 13.5. The van der Waals surface area contributed by atoms with E-state index >= 15 is 0 Å². The summed E-state index contributed by atoms with van der Waals surface area (Å²) >= 11 is 6.31. The summed E-state index contributed by atoms with van der Waals surface area (Å²) in [5, 5.41) is 15.3. The van der Waals surface area contributed by atoms with Crippen molar-refractivity contribution in [2.24, 2.45) is 5.10 Å². The van der Waals surface area contributed by atoms with Crippen molar-refractivity contribution in [3.63, 3.8) is 0 Å². The fraction of sp³-hybridized carbons (Fsp3) is 0.120. The number of nitriles is 1. The van der Waals surface area contributed by atoms with Crippen LogP contribution in [0.25, 0.3) is 0 Å². The van der Waals surface area contributed by atoms with Crippen LogP contribution in [0.4, 0.5) is 14.5 Å². The van der Waals surface area contributed by atoms with Crippen molar-refractivity contribution in [1.29, 1.82) is 5.26 Å². The van der Waals surface area contributed by atoms with E-state index in [1.165, 1.54) is 54.7 Å². The molecule has 2 N–H and O–H groups in total. The predicted molar refractivity (Wildman–Crippen MR) is 129 cm³/mol. The van der Waals surface area contributed by atoms with E-state index in [9.17, 15) is 18.4 Å². The van der Waals surface area contributed by atoms with Crippen molar-refractivity contribution in [3.8, 4) is 17.6 Å². The molecule has 0 radical (unpaired) electrons. The average Bonchev–Trinajstić information content (AvgIpc) is 2.85. The number of carbonyl (C=O) groups is 2. The van der Waals surface area contributed by atoms with E-state index in [0.717, 1.165) is 6.07 Å². The molecule has 8 nitrogen and oxygen atoms in total. The Labute approximate surface area is 210 Å². The zero-order chi connectivity index (χ0) is 26.1. The first-order valence-electron chi connectivity index (χ1n) is 10.5. The Bertz CT molecular complexity index is 1340. The number of hydrogen-bond acceptors (Lipinski definition) is 6. The molecular weight excluding hydrogens is 494 g/mol. The molecule has 0 spiro atoms. The van der Waals surface area contributed by atoms with Crippen LogP contribution in [0.5, 0.6) is 11.5 Å². The van der Waals surface area contributed by atoms with Crippen molar-refractivity contribution < 1.29 is 27.8 Å². The van der Waals surface area contributed by atoms with Crippen LogP contribution in [0.15, 0.2) is 59.7 Å². The van der Waals surface area contributed by atoms with Crippen LogP contribution >= 0.6 is 11.6 Å². The molecule has 0 saturated carbocycles. The molecule has 0 aliphatic carbocycles. The standard InChI is InChI=1S/C25H19ClF2N4O4/c1-2-35-22-11-16(13-30-32-25(34)19-8-3-15(12-29)10-21(19)28)9-20(26)24(22)36-14-23(33)31-18-6-4-17(27)5-7-18/h3-11,13H,2,14H2,1H3,(H,31,33)(H,32,34)/b30-13-. The first kappa shape index (κ1) is 26.1. The van der Waals surface area contributed by atoms with Crippen molar-refractivity contribution in [3.05, 3.63) is 87.9 Å². The molecule has 0 saturated heterocycles. The Kier molecular flexibility index (Phi) is 8.91. The van der Waals surface area contributed by atoms with Crippen LogP contribution < -0.4 is 20.2 Å². The van der Waals surface area contributed by atoms with Crippen LogP contribution in [-0.4, -0.2) is 31.2 Å². The fourth-order valence-corrected chi connectivity index (χ4v) is 3.20. The lowest BCUT2D eigenvalue weighted by Crippen LogP contribution is -2.20. The van der Waals surface area contributed by atoms with Gasteiger partial charge in [-0.05, 0) is 67.1 Å². The lowest BCUT2D eigenvalue weighted by Gasteiger charge is -2.14. The Morgan fingerprint density at radius 2 is 1.86 bits per heavy atom. The molecule has 0 fully saturated rings. The first-order chi connectivity index (χ1) is 17.3.